The molecule has 1 amide bonds. The molecule has 1 aliphatic carbocycles. The Morgan fingerprint density at radius 1 is 1.21 bits per heavy atom. The highest BCUT2D eigenvalue weighted by atomic mass is 32.1. The molecule has 5 heteroatoms. The van der Waals surface area contributed by atoms with Crippen molar-refractivity contribution in [1.82, 2.24) is 9.78 Å². The van der Waals surface area contributed by atoms with Crippen LogP contribution in [0.2, 0.25) is 0 Å². The number of nitrogens with one attached hydrogen (secondary N) is 1. The fraction of sp³-hybridized carbons (Fsp3) is 0.263. The van der Waals surface area contributed by atoms with Crippen molar-refractivity contribution >= 4 is 22.9 Å². The minimum absolute atomic E-state index is 0.0117. The summed E-state index contributed by atoms with van der Waals surface area (Å²) in [4.78, 5) is 13.4. The summed E-state index contributed by atoms with van der Waals surface area (Å²) in [6.07, 6.45) is 8.13. The number of amides is 1. The maximum Gasteiger partial charge on any atom is 0.266 e. The predicted molar refractivity (Wildman–Crippen MR) is 96.7 cm³/mol. The molecule has 0 atom stereocenters. The molecule has 0 unspecified atom stereocenters. The van der Waals surface area contributed by atoms with E-state index in [0.29, 0.717) is 6.54 Å². The zero-order chi connectivity index (χ0) is 16.4. The van der Waals surface area contributed by atoms with E-state index < -0.39 is 0 Å². The first kappa shape index (κ1) is 15.1. The summed E-state index contributed by atoms with van der Waals surface area (Å²) >= 11 is 1.56. The van der Waals surface area contributed by atoms with Crippen LogP contribution in [0.4, 0.5) is 5.69 Å². The van der Waals surface area contributed by atoms with Gasteiger partial charge in [-0.05, 0) is 47.8 Å². The molecular formula is C19H19N3OS. The molecule has 0 aliphatic heterocycles. The van der Waals surface area contributed by atoms with Crippen LogP contribution < -0.4 is 5.32 Å². The Morgan fingerprint density at radius 3 is 2.92 bits per heavy atom. The van der Waals surface area contributed by atoms with Gasteiger partial charge in [0.15, 0.2) is 0 Å². The van der Waals surface area contributed by atoms with Gasteiger partial charge in [0.1, 0.15) is 0 Å². The number of fused-ring (bicyclic) bond motifs is 1. The molecule has 1 aliphatic rings. The average Bonchev–Trinajstić information content (AvgIpc) is 3.22. The van der Waals surface area contributed by atoms with Gasteiger partial charge in [-0.3, -0.25) is 9.48 Å². The molecule has 1 aromatic carbocycles. The Hall–Kier alpha value is -2.40. The van der Waals surface area contributed by atoms with Gasteiger partial charge >= 0.3 is 0 Å². The van der Waals surface area contributed by atoms with Gasteiger partial charge in [-0.15, -0.1) is 11.3 Å². The fourth-order valence-corrected chi connectivity index (χ4v) is 4.24. The highest BCUT2D eigenvalue weighted by Gasteiger charge is 2.20. The molecule has 3 aromatic rings. The number of benzene rings is 1. The van der Waals surface area contributed by atoms with Crippen LogP contribution in [0.1, 0.15) is 39.2 Å². The largest absolute Gasteiger partial charge is 0.319 e. The van der Waals surface area contributed by atoms with Crippen LogP contribution in [0.25, 0.3) is 0 Å². The van der Waals surface area contributed by atoms with E-state index in [0.717, 1.165) is 23.4 Å². The zero-order valence-corrected chi connectivity index (χ0v) is 14.2. The second kappa shape index (κ2) is 6.61. The van der Waals surface area contributed by atoms with Gasteiger partial charge in [0, 0.05) is 6.20 Å². The number of anilines is 1. The van der Waals surface area contributed by atoms with Gasteiger partial charge < -0.3 is 5.32 Å². The predicted octanol–water partition coefficient (Wildman–Crippen LogP) is 4.12. The molecule has 0 saturated heterocycles. The molecule has 4 rings (SSSR count). The van der Waals surface area contributed by atoms with Crippen LogP contribution in [0, 0.1) is 0 Å². The monoisotopic (exact) mass is 337 g/mol. The van der Waals surface area contributed by atoms with E-state index in [-0.39, 0.29) is 5.91 Å². The number of aryl methyl sites for hydroxylation is 1. The van der Waals surface area contributed by atoms with Crippen molar-refractivity contribution in [3.8, 4) is 0 Å². The maximum atomic E-state index is 12.6. The zero-order valence-electron chi connectivity index (χ0n) is 13.4. The van der Waals surface area contributed by atoms with Crippen molar-refractivity contribution < 1.29 is 4.79 Å². The van der Waals surface area contributed by atoms with Gasteiger partial charge in [0.25, 0.3) is 5.91 Å². The summed E-state index contributed by atoms with van der Waals surface area (Å²) in [7, 11) is 0. The number of thiophene rings is 1. The lowest BCUT2D eigenvalue weighted by molar-refractivity contribution is 0.102. The van der Waals surface area contributed by atoms with Gasteiger partial charge in [0.2, 0.25) is 0 Å². The first-order chi connectivity index (χ1) is 11.8. The molecule has 0 bridgehead atoms. The molecule has 2 aromatic heterocycles. The lowest BCUT2D eigenvalue weighted by Gasteiger charge is -2.12. The SMILES string of the molecule is O=C(Nc1cnn(Cc2ccccc2)c1)c1scc2c1CCCC2. The molecule has 0 saturated carbocycles. The number of nitrogens with zero attached hydrogens (tertiary/aromatic N) is 2. The van der Waals surface area contributed by atoms with Gasteiger partial charge in [-0.1, -0.05) is 30.3 Å². The Morgan fingerprint density at radius 2 is 2.04 bits per heavy atom. The van der Waals surface area contributed by atoms with E-state index in [2.05, 4.69) is 27.9 Å². The summed E-state index contributed by atoms with van der Waals surface area (Å²) in [6, 6.07) is 10.2. The van der Waals surface area contributed by atoms with E-state index in [9.17, 15) is 4.79 Å². The minimum Gasteiger partial charge on any atom is -0.319 e. The smallest absolute Gasteiger partial charge is 0.266 e. The average molecular weight is 337 g/mol. The third kappa shape index (κ3) is 3.12. The molecule has 0 radical (unpaired) electrons. The third-order valence-electron chi connectivity index (χ3n) is 4.39. The molecule has 0 spiro atoms. The molecule has 1 N–H and O–H groups in total. The Labute approximate surface area is 145 Å². The summed E-state index contributed by atoms with van der Waals surface area (Å²) in [5.41, 5.74) is 4.54. The lowest BCUT2D eigenvalue weighted by atomic mass is 9.94. The van der Waals surface area contributed by atoms with Crippen molar-refractivity contribution in [3.63, 3.8) is 0 Å². The molecular weight excluding hydrogens is 318 g/mol. The second-order valence-electron chi connectivity index (χ2n) is 6.14. The van der Waals surface area contributed by atoms with Crippen molar-refractivity contribution in [1.29, 1.82) is 0 Å². The van der Waals surface area contributed by atoms with Gasteiger partial charge in [-0.2, -0.15) is 5.10 Å². The van der Waals surface area contributed by atoms with Crippen LogP contribution in [0.3, 0.4) is 0 Å². The summed E-state index contributed by atoms with van der Waals surface area (Å²) in [5.74, 6) is -0.0117. The standard InChI is InChI=1S/C19H19N3OS/c23-19(18-17-9-5-4-8-15(17)13-24-18)21-16-10-20-22(12-16)11-14-6-2-1-3-7-14/h1-3,6-7,10,12-13H,4-5,8-9,11H2,(H,21,23). The molecule has 4 nitrogen and oxygen atoms in total. The lowest BCUT2D eigenvalue weighted by Crippen LogP contribution is -2.13. The highest BCUT2D eigenvalue weighted by molar-refractivity contribution is 7.12. The Bertz CT molecular complexity index is 851. The Kier molecular flexibility index (Phi) is 4.17. The van der Waals surface area contributed by atoms with E-state index in [1.165, 1.54) is 29.5 Å². The second-order valence-corrected chi connectivity index (χ2v) is 7.02. The molecule has 2 heterocycles. The third-order valence-corrected chi connectivity index (χ3v) is 5.46. The van der Waals surface area contributed by atoms with Crippen LogP contribution in [0.5, 0.6) is 0 Å². The summed E-state index contributed by atoms with van der Waals surface area (Å²) in [5, 5.41) is 9.47. The van der Waals surface area contributed by atoms with Gasteiger partial charge in [0.05, 0.1) is 23.3 Å². The quantitative estimate of drug-likeness (QED) is 0.778. The number of rotatable bonds is 4. The van der Waals surface area contributed by atoms with E-state index >= 15 is 0 Å². The van der Waals surface area contributed by atoms with Gasteiger partial charge in [-0.25, -0.2) is 0 Å². The van der Waals surface area contributed by atoms with Crippen molar-refractivity contribution in [2.45, 2.75) is 32.2 Å². The summed E-state index contributed by atoms with van der Waals surface area (Å²) < 4.78 is 1.84. The minimum atomic E-state index is -0.0117. The number of hydrogen-bond acceptors (Lipinski definition) is 3. The molecule has 122 valence electrons. The van der Waals surface area contributed by atoms with E-state index in [1.54, 1.807) is 17.5 Å². The van der Waals surface area contributed by atoms with Crippen molar-refractivity contribution in [3.05, 3.63) is 69.7 Å². The van der Waals surface area contributed by atoms with Crippen LogP contribution in [0.15, 0.2) is 48.1 Å². The molecule has 0 fully saturated rings. The fourth-order valence-electron chi connectivity index (χ4n) is 3.18. The number of carbonyl (C=O) groups is 1. The number of hydrogen-bond donors (Lipinski definition) is 1. The van der Waals surface area contributed by atoms with Crippen LogP contribution in [-0.2, 0) is 19.4 Å². The molecule has 24 heavy (non-hydrogen) atoms. The van der Waals surface area contributed by atoms with Crippen molar-refractivity contribution in [2.75, 3.05) is 5.32 Å². The topological polar surface area (TPSA) is 46.9 Å². The van der Waals surface area contributed by atoms with E-state index in [4.69, 9.17) is 0 Å². The first-order valence-corrected chi connectivity index (χ1v) is 9.14. The maximum absolute atomic E-state index is 12.6. The first-order valence-electron chi connectivity index (χ1n) is 8.26. The van der Waals surface area contributed by atoms with Crippen molar-refractivity contribution in [2.24, 2.45) is 0 Å². The normalized spacial score (nSPS) is 13.5. The van der Waals surface area contributed by atoms with Crippen LogP contribution >= 0.6 is 11.3 Å². The van der Waals surface area contributed by atoms with E-state index in [1.807, 2.05) is 29.1 Å². The van der Waals surface area contributed by atoms with Crippen LogP contribution in [-0.4, -0.2) is 15.7 Å². The number of aromatic nitrogens is 2. The number of carbonyl (C=O) groups excluding carboxylic acids is 1. The summed E-state index contributed by atoms with van der Waals surface area (Å²) in [6.45, 7) is 0.700. The highest BCUT2D eigenvalue weighted by Crippen LogP contribution is 2.30. The Balaban J connectivity index is 1.46.